The van der Waals surface area contributed by atoms with Crippen LogP contribution >= 0.6 is 22.6 Å². The van der Waals surface area contributed by atoms with Crippen LogP contribution in [0.5, 0.6) is 17.2 Å². The molecule has 3 nitrogen and oxygen atoms in total. The van der Waals surface area contributed by atoms with Gasteiger partial charge in [0.15, 0.2) is 5.75 Å². The van der Waals surface area contributed by atoms with E-state index in [0.717, 1.165) is 9.32 Å². The van der Waals surface area contributed by atoms with E-state index in [1.807, 2.05) is 36.4 Å². The molecule has 88 valence electrons. The largest absolute Gasteiger partial charge is 0.494 e. The molecule has 0 saturated carbocycles. The van der Waals surface area contributed by atoms with Crippen molar-refractivity contribution in [2.24, 2.45) is 0 Å². The quantitative estimate of drug-likeness (QED) is 0.684. The van der Waals surface area contributed by atoms with Gasteiger partial charge in [0.05, 0.1) is 10.7 Å². The zero-order valence-corrected chi connectivity index (χ0v) is 11.5. The van der Waals surface area contributed by atoms with Crippen molar-refractivity contribution in [1.82, 2.24) is 0 Å². The summed E-state index contributed by atoms with van der Waals surface area (Å²) in [5, 5.41) is 0. The SMILES string of the molecule is COc1cccc(Oc2ccccc2I)c1N. The molecule has 0 aliphatic heterocycles. The number of methoxy groups -OCH3 is 1. The van der Waals surface area contributed by atoms with Crippen molar-refractivity contribution in [3.05, 3.63) is 46.0 Å². The number of hydrogen-bond donors (Lipinski definition) is 1. The highest BCUT2D eigenvalue weighted by Gasteiger charge is 2.08. The fourth-order valence-corrected chi connectivity index (χ4v) is 1.93. The molecule has 0 bridgehead atoms. The Morgan fingerprint density at radius 2 is 1.59 bits per heavy atom. The highest BCUT2D eigenvalue weighted by molar-refractivity contribution is 14.1. The second kappa shape index (κ2) is 5.27. The molecule has 17 heavy (non-hydrogen) atoms. The minimum absolute atomic E-state index is 0.509. The third-order valence-corrected chi connectivity index (χ3v) is 3.19. The Labute approximate surface area is 114 Å². The monoisotopic (exact) mass is 341 g/mol. The maximum Gasteiger partial charge on any atom is 0.154 e. The Morgan fingerprint density at radius 1 is 0.941 bits per heavy atom. The highest BCUT2D eigenvalue weighted by atomic mass is 127. The fraction of sp³-hybridized carbons (Fsp3) is 0.0769. The number of ether oxygens (including phenoxy) is 2. The normalized spacial score (nSPS) is 10.0. The summed E-state index contributed by atoms with van der Waals surface area (Å²) in [6.07, 6.45) is 0. The maximum atomic E-state index is 5.94. The highest BCUT2D eigenvalue weighted by Crippen LogP contribution is 2.35. The summed E-state index contributed by atoms with van der Waals surface area (Å²) in [5.74, 6) is 2.01. The lowest BCUT2D eigenvalue weighted by molar-refractivity contribution is 0.412. The predicted octanol–water partition coefficient (Wildman–Crippen LogP) is 3.67. The molecule has 0 atom stereocenters. The third-order valence-electron chi connectivity index (χ3n) is 2.30. The number of para-hydroxylation sites is 2. The van der Waals surface area contributed by atoms with Crippen molar-refractivity contribution in [1.29, 1.82) is 0 Å². The van der Waals surface area contributed by atoms with Crippen molar-refractivity contribution < 1.29 is 9.47 Å². The van der Waals surface area contributed by atoms with Gasteiger partial charge in [0.2, 0.25) is 0 Å². The summed E-state index contributed by atoms with van der Waals surface area (Å²) in [4.78, 5) is 0. The molecule has 2 N–H and O–H groups in total. The maximum absolute atomic E-state index is 5.94. The number of hydrogen-bond acceptors (Lipinski definition) is 3. The molecule has 0 heterocycles. The second-order valence-corrected chi connectivity index (χ2v) is 4.57. The zero-order chi connectivity index (χ0) is 12.3. The number of rotatable bonds is 3. The van der Waals surface area contributed by atoms with Crippen LogP contribution in [0.25, 0.3) is 0 Å². The lowest BCUT2D eigenvalue weighted by Gasteiger charge is -2.12. The average Bonchev–Trinajstić information content (AvgIpc) is 2.34. The van der Waals surface area contributed by atoms with Gasteiger partial charge < -0.3 is 15.2 Å². The summed E-state index contributed by atoms with van der Waals surface area (Å²) in [7, 11) is 1.59. The Balaban J connectivity index is 2.34. The summed E-state index contributed by atoms with van der Waals surface area (Å²) in [5.41, 5.74) is 6.45. The summed E-state index contributed by atoms with van der Waals surface area (Å²) >= 11 is 2.22. The molecular formula is C13H12INO2. The van der Waals surface area contributed by atoms with Crippen LogP contribution < -0.4 is 15.2 Å². The van der Waals surface area contributed by atoms with Crippen LogP contribution in [0, 0.1) is 3.57 Å². The molecule has 0 aliphatic rings. The molecule has 0 radical (unpaired) electrons. The smallest absolute Gasteiger partial charge is 0.154 e. The number of benzene rings is 2. The van der Waals surface area contributed by atoms with E-state index >= 15 is 0 Å². The molecule has 0 amide bonds. The van der Waals surface area contributed by atoms with E-state index in [-0.39, 0.29) is 0 Å². The first-order valence-corrected chi connectivity index (χ1v) is 6.15. The minimum atomic E-state index is 0.509. The molecule has 0 fully saturated rings. The standard InChI is InChI=1S/C13H12INO2/c1-16-11-7-4-8-12(13(11)15)17-10-6-3-2-5-9(10)14/h2-8H,15H2,1H3. The van der Waals surface area contributed by atoms with Crippen LogP contribution in [0.4, 0.5) is 5.69 Å². The first-order valence-electron chi connectivity index (χ1n) is 5.07. The molecule has 0 aliphatic carbocycles. The van der Waals surface area contributed by atoms with Crippen LogP contribution in [0.15, 0.2) is 42.5 Å². The third kappa shape index (κ3) is 2.63. The lowest BCUT2D eigenvalue weighted by Crippen LogP contribution is -1.96. The molecular weight excluding hydrogens is 329 g/mol. The Hall–Kier alpha value is -1.43. The van der Waals surface area contributed by atoms with Crippen LogP contribution in [-0.4, -0.2) is 7.11 Å². The van der Waals surface area contributed by atoms with Crippen molar-refractivity contribution in [3.8, 4) is 17.2 Å². The van der Waals surface area contributed by atoms with E-state index in [4.69, 9.17) is 15.2 Å². The number of nitrogen functional groups attached to an aromatic ring is 1. The van der Waals surface area contributed by atoms with Gasteiger partial charge in [-0.15, -0.1) is 0 Å². The van der Waals surface area contributed by atoms with Crippen molar-refractivity contribution >= 4 is 28.3 Å². The molecule has 4 heteroatoms. The van der Waals surface area contributed by atoms with Crippen LogP contribution in [0.2, 0.25) is 0 Å². The van der Waals surface area contributed by atoms with E-state index in [1.165, 1.54) is 0 Å². The Bertz CT molecular complexity index is 529. The van der Waals surface area contributed by atoms with E-state index in [1.54, 1.807) is 13.2 Å². The molecule has 2 aromatic carbocycles. The van der Waals surface area contributed by atoms with E-state index in [2.05, 4.69) is 22.6 Å². The predicted molar refractivity (Wildman–Crippen MR) is 76.6 cm³/mol. The molecule has 2 aromatic rings. The molecule has 2 rings (SSSR count). The number of anilines is 1. The molecule has 0 unspecified atom stereocenters. The van der Waals surface area contributed by atoms with Gasteiger partial charge in [-0.05, 0) is 46.9 Å². The molecule has 0 saturated heterocycles. The van der Waals surface area contributed by atoms with E-state index < -0.39 is 0 Å². The van der Waals surface area contributed by atoms with Crippen molar-refractivity contribution in [3.63, 3.8) is 0 Å². The van der Waals surface area contributed by atoms with Gasteiger partial charge >= 0.3 is 0 Å². The summed E-state index contributed by atoms with van der Waals surface area (Å²) < 4.78 is 12.0. The Kier molecular flexibility index (Phi) is 3.73. The van der Waals surface area contributed by atoms with Crippen LogP contribution in [-0.2, 0) is 0 Å². The first kappa shape index (κ1) is 12.0. The van der Waals surface area contributed by atoms with Crippen LogP contribution in [0.1, 0.15) is 0 Å². The zero-order valence-electron chi connectivity index (χ0n) is 9.31. The molecule has 0 aromatic heterocycles. The van der Waals surface area contributed by atoms with Gasteiger partial charge in [-0.25, -0.2) is 0 Å². The van der Waals surface area contributed by atoms with Gasteiger partial charge in [0.1, 0.15) is 17.2 Å². The molecule has 0 spiro atoms. The number of nitrogens with two attached hydrogens (primary N) is 1. The van der Waals surface area contributed by atoms with Crippen molar-refractivity contribution in [2.75, 3.05) is 12.8 Å². The van der Waals surface area contributed by atoms with Crippen molar-refractivity contribution in [2.45, 2.75) is 0 Å². The van der Waals surface area contributed by atoms with Gasteiger partial charge in [-0.2, -0.15) is 0 Å². The second-order valence-electron chi connectivity index (χ2n) is 3.40. The number of halogens is 1. The van der Waals surface area contributed by atoms with E-state index in [9.17, 15) is 0 Å². The van der Waals surface area contributed by atoms with Gasteiger partial charge in [-0.3, -0.25) is 0 Å². The van der Waals surface area contributed by atoms with Gasteiger partial charge in [0, 0.05) is 0 Å². The minimum Gasteiger partial charge on any atom is -0.494 e. The first-order chi connectivity index (χ1) is 8.22. The summed E-state index contributed by atoms with van der Waals surface area (Å²) in [6.45, 7) is 0. The summed E-state index contributed by atoms with van der Waals surface area (Å²) in [6, 6.07) is 13.2. The van der Waals surface area contributed by atoms with Gasteiger partial charge in [-0.1, -0.05) is 18.2 Å². The average molecular weight is 341 g/mol. The fourth-order valence-electron chi connectivity index (χ4n) is 1.44. The van der Waals surface area contributed by atoms with Gasteiger partial charge in [0.25, 0.3) is 0 Å². The van der Waals surface area contributed by atoms with E-state index in [0.29, 0.717) is 17.2 Å². The Morgan fingerprint density at radius 3 is 2.29 bits per heavy atom. The lowest BCUT2D eigenvalue weighted by atomic mass is 10.2. The van der Waals surface area contributed by atoms with Crippen LogP contribution in [0.3, 0.4) is 0 Å². The topological polar surface area (TPSA) is 44.5 Å².